The molecule has 0 N–H and O–H groups in total. The van der Waals surface area contributed by atoms with Crippen molar-refractivity contribution in [2.24, 2.45) is 0 Å². The zero-order chi connectivity index (χ0) is 21.3. The second-order valence-corrected chi connectivity index (χ2v) is 6.94. The van der Waals surface area contributed by atoms with E-state index in [0.29, 0.717) is 18.2 Å². The summed E-state index contributed by atoms with van der Waals surface area (Å²) in [7, 11) is 0. The molecule has 4 heteroatoms. The molecule has 0 spiro atoms. The molecule has 31 heavy (non-hydrogen) atoms. The van der Waals surface area contributed by atoms with E-state index in [1.54, 1.807) is 0 Å². The van der Waals surface area contributed by atoms with Crippen LogP contribution < -0.4 is 9.47 Å². The molecular weight excluding hydrogens is 384 g/mol. The van der Waals surface area contributed by atoms with Crippen molar-refractivity contribution >= 4 is 21.8 Å². The second-order valence-electron chi connectivity index (χ2n) is 6.94. The number of hydrogen-bond acceptors (Lipinski definition) is 4. The fraction of sp³-hybridized carbons (Fsp3) is 0.111. The van der Waals surface area contributed by atoms with Gasteiger partial charge in [0.1, 0.15) is 5.75 Å². The Bertz CT molecular complexity index is 1190. The average Bonchev–Trinajstić information content (AvgIpc) is 2.84. The summed E-state index contributed by atoms with van der Waals surface area (Å²) in [5.41, 5.74) is 1.96. The van der Waals surface area contributed by atoms with Gasteiger partial charge in [0.05, 0.1) is 17.6 Å². The quantitative estimate of drug-likeness (QED) is 0.312. The fourth-order valence-electron chi connectivity index (χ4n) is 3.08. The number of aromatic nitrogens is 2. The Morgan fingerprint density at radius 2 is 1.39 bits per heavy atom. The second kappa shape index (κ2) is 10.2. The summed E-state index contributed by atoms with van der Waals surface area (Å²) in [6.07, 6.45) is 2.75. The molecule has 0 bridgehead atoms. The van der Waals surface area contributed by atoms with E-state index in [1.165, 1.54) is 5.39 Å². The molecule has 2 heterocycles. The van der Waals surface area contributed by atoms with Crippen LogP contribution in [0.15, 0.2) is 103 Å². The summed E-state index contributed by atoms with van der Waals surface area (Å²) >= 11 is 0. The van der Waals surface area contributed by atoms with Crippen molar-refractivity contribution in [2.75, 3.05) is 6.61 Å². The Morgan fingerprint density at radius 1 is 0.710 bits per heavy atom. The minimum atomic E-state index is 0.508. The maximum Gasteiger partial charge on any atom is 0.263 e. The molecular formula is C27H24N2O2. The Kier molecular flexibility index (Phi) is 6.71. The lowest BCUT2D eigenvalue weighted by Crippen LogP contribution is -1.99. The Morgan fingerprint density at radius 3 is 2.16 bits per heavy atom. The van der Waals surface area contributed by atoms with Crippen LogP contribution >= 0.6 is 0 Å². The van der Waals surface area contributed by atoms with E-state index < -0.39 is 0 Å². The number of rotatable bonds is 5. The number of para-hydroxylation sites is 3. The minimum absolute atomic E-state index is 0.508. The maximum atomic E-state index is 5.88. The molecule has 0 fully saturated rings. The maximum absolute atomic E-state index is 5.88. The number of pyridine rings is 2. The molecule has 4 nitrogen and oxygen atoms in total. The van der Waals surface area contributed by atoms with Crippen molar-refractivity contribution in [2.45, 2.75) is 13.3 Å². The van der Waals surface area contributed by atoms with E-state index in [9.17, 15) is 0 Å². The molecule has 5 aromatic rings. The Labute approximate surface area is 182 Å². The number of nitrogens with zero attached hydrogens (tertiary/aromatic N) is 2. The highest BCUT2D eigenvalue weighted by molar-refractivity contribution is 5.81. The van der Waals surface area contributed by atoms with Crippen LogP contribution in [0.25, 0.3) is 21.8 Å². The monoisotopic (exact) mass is 408 g/mol. The zero-order valence-electron chi connectivity index (χ0n) is 17.4. The van der Waals surface area contributed by atoms with Gasteiger partial charge in [-0.2, -0.15) is 0 Å². The van der Waals surface area contributed by atoms with E-state index in [-0.39, 0.29) is 0 Å². The van der Waals surface area contributed by atoms with E-state index in [2.05, 4.69) is 29.0 Å². The predicted octanol–water partition coefficient (Wildman–Crippen LogP) is 7.05. The molecule has 0 radical (unpaired) electrons. The van der Waals surface area contributed by atoms with Crippen LogP contribution in [0.5, 0.6) is 17.4 Å². The lowest BCUT2D eigenvalue weighted by Gasteiger charge is -2.12. The minimum Gasteiger partial charge on any atom is -0.488 e. The molecule has 0 saturated carbocycles. The lowest BCUT2D eigenvalue weighted by atomic mass is 10.2. The van der Waals surface area contributed by atoms with Crippen molar-refractivity contribution < 1.29 is 9.47 Å². The largest absolute Gasteiger partial charge is 0.488 e. The molecule has 154 valence electrons. The summed E-state index contributed by atoms with van der Waals surface area (Å²) in [6, 6.07) is 31.6. The fourth-order valence-corrected chi connectivity index (χ4v) is 3.08. The predicted molar refractivity (Wildman–Crippen MR) is 126 cm³/mol. The van der Waals surface area contributed by atoms with Gasteiger partial charge in [-0.05, 0) is 42.8 Å². The highest BCUT2D eigenvalue weighted by Gasteiger charge is 2.10. The standard InChI is InChI=1S/C18H17NO2.C9H7N/c1-2-12-20-17-13-14-8-6-7-11-16(14)19-18(17)21-15-9-4-3-5-10-15;1-2-6-9-8(4-1)5-3-7-10-9/h3-11,13H,2,12H2,1H3;1-7H. The van der Waals surface area contributed by atoms with Crippen molar-refractivity contribution in [3.63, 3.8) is 0 Å². The molecule has 3 aromatic carbocycles. The molecule has 0 aliphatic heterocycles. The van der Waals surface area contributed by atoms with Crippen LogP contribution in [0.3, 0.4) is 0 Å². The van der Waals surface area contributed by atoms with E-state index in [4.69, 9.17) is 9.47 Å². The zero-order valence-corrected chi connectivity index (χ0v) is 17.4. The van der Waals surface area contributed by atoms with Gasteiger partial charge in [0.15, 0.2) is 5.75 Å². The molecule has 0 unspecified atom stereocenters. The summed E-state index contributed by atoms with van der Waals surface area (Å²) in [5.74, 6) is 1.94. The van der Waals surface area contributed by atoms with Gasteiger partial charge in [-0.1, -0.05) is 67.6 Å². The Balaban J connectivity index is 0.000000192. The molecule has 0 aliphatic rings. The van der Waals surface area contributed by atoms with Crippen molar-refractivity contribution in [3.05, 3.63) is 103 Å². The van der Waals surface area contributed by atoms with Crippen molar-refractivity contribution in [1.82, 2.24) is 9.97 Å². The van der Waals surface area contributed by atoms with Gasteiger partial charge in [-0.3, -0.25) is 4.98 Å². The molecule has 5 rings (SSSR count). The topological polar surface area (TPSA) is 44.2 Å². The van der Waals surface area contributed by atoms with Gasteiger partial charge in [-0.25, -0.2) is 4.98 Å². The molecule has 0 aliphatic carbocycles. The van der Waals surface area contributed by atoms with Gasteiger partial charge < -0.3 is 9.47 Å². The SMILES string of the molecule is CCCOc1cc2ccccc2nc1Oc1ccccc1.c1ccc2ncccc2c1. The average molecular weight is 409 g/mol. The number of hydrogen-bond donors (Lipinski definition) is 0. The van der Waals surface area contributed by atoms with Gasteiger partial charge >= 0.3 is 0 Å². The molecule has 0 saturated heterocycles. The normalized spacial score (nSPS) is 10.4. The summed E-state index contributed by atoms with van der Waals surface area (Å²) in [4.78, 5) is 8.76. The van der Waals surface area contributed by atoms with Crippen LogP contribution in [0.1, 0.15) is 13.3 Å². The smallest absolute Gasteiger partial charge is 0.263 e. The first-order valence-corrected chi connectivity index (χ1v) is 10.4. The first-order valence-electron chi connectivity index (χ1n) is 10.4. The van der Waals surface area contributed by atoms with E-state index in [1.807, 2.05) is 91.1 Å². The molecule has 0 amide bonds. The van der Waals surface area contributed by atoms with Crippen LogP contribution in [0, 0.1) is 0 Å². The lowest BCUT2D eigenvalue weighted by molar-refractivity contribution is 0.299. The number of benzene rings is 3. The van der Waals surface area contributed by atoms with Gasteiger partial charge in [0.2, 0.25) is 0 Å². The van der Waals surface area contributed by atoms with E-state index in [0.717, 1.165) is 28.6 Å². The first-order chi connectivity index (χ1) is 15.3. The number of ether oxygens (including phenoxy) is 2. The van der Waals surface area contributed by atoms with E-state index >= 15 is 0 Å². The summed E-state index contributed by atoms with van der Waals surface area (Å²) in [5, 5.41) is 2.24. The first kappa shape index (κ1) is 20.4. The summed E-state index contributed by atoms with van der Waals surface area (Å²) < 4.78 is 11.7. The van der Waals surface area contributed by atoms with Crippen molar-refractivity contribution in [3.8, 4) is 17.4 Å². The highest BCUT2D eigenvalue weighted by atomic mass is 16.5. The van der Waals surface area contributed by atoms with Crippen molar-refractivity contribution in [1.29, 1.82) is 0 Å². The summed E-state index contributed by atoms with van der Waals surface area (Å²) in [6.45, 7) is 2.72. The van der Waals surface area contributed by atoms with Gasteiger partial charge in [0.25, 0.3) is 5.88 Å². The third kappa shape index (κ3) is 5.37. The van der Waals surface area contributed by atoms with Crippen LogP contribution in [0.4, 0.5) is 0 Å². The molecule has 0 atom stereocenters. The highest BCUT2D eigenvalue weighted by Crippen LogP contribution is 2.32. The molecule has 2 aromatic heterocycles. The van der Waals surface area contributed by atoms with Crippen LogP contribution in [0.2, 0.25) is 0 Å². The van der Waals surface area contributed by atoms with Crippen LogP contribution in [-0.4, -0.2) is 16.6 Å². The number of fused-ring (bicyclic) bond motifs is 2. The van der Waals surface area contributed by atoms with Gasteiger partial charge in [0, 0.05) is 17.0 Å². The third-order valence-corrected chi connectivity index (χ3v) is 4.59. The Hall–Kier alpha value is -3.92. The third-order valence-electron chi connectivity index (χ3n) is 4.59. The van der Waals surface area contributed by atoms with Gasteiger partial charge in [-0.15, -0.1) is 0 Å². The van der Waals surface area contributed by atoms with Crippen LogP contribution in [-0.2, 0) is 0 Å².